The summed E-state index contributed by atoms with van der Waals surface area (Å²) < 4.78 is 0. The van der Waals surface area contributed by atoms with Crippen LogP contribution >= 0.6 is 24.0 Å². The molecule has 16 heteroatoms. The molecule has 1 heterocycles. The van der Waals surface area contributed by atoms with Crippen LogP contribution in [0.25, 0.3) is 0 Å². The molecule has 0 saturated carbocycles. The fraction of sp³-hybridized carbons (Fsp3) is 0.628. The average Bonchev–Trinajstić information content (AvgIpc) is 3.69. The number of carbonyl (C=O) groups is 6. The molecule has 14 nitrogen and oxygen atoms in total. The second-order valence-corrected chi connectivity index (χ2v) is 15.1. The number of Topliss-reactive ketones (excluding diaryl/α,β-unsaturated/α-hetero) is 1. The van der Waals surface area contributed by atoms with Crippen LogP contribution in [0.4, 0.5) is 0 Å². The predicted octanol–water partition coefficient (Wildman–Crippen LogP) is 4.10. The lowest BCUT2D eigenvalue weighted by Crippen LogP contribution is -2.51. The minimum atomic E-state index is -0.474. The number of aryl methyl sites for hydroxylation is 1. The first-order valence-electron chi connectivity index (χ1n) is 20.8. The normalized spacial score (nSPS) is 11.1. The summed E-state index contributed by atoms with van der Waals surface area (Å²) in [6, 6.07) is 0. The second kappa shape index (κ2) is 32.4. The van der Waals surface area contributed by atoms with Crippen molar-refractivity contribution in [1.82, 2.24) is 35.2 Å². The lowest BCUT2D eigenvalue weighted by molar-refractivity contribution is -0.146. The third-order valence-corrected chi connectivity index (χ3v) is 10.2. The van der Waals surface area contributed by atoms with E-state index >= 15 is 0 Å². The Balaban J connectivity index is 2.52. The zero-order valence-electron chi connectivity index (χ0n) is 35.6. The first-order chi connectivity index (χ1) is 28.5. The molecule has 0 aliphatic carbocycles. The van der Waals surface area contributed by atoms with E-state index in [1.807, 2.05) is 33.1 Å². The van der Waals surface area contributed by atoms with Crippen LogP contribution in [0, 0.1) is 24.7 Å². The number of carbonyl (C=O) groups excluding carboxylic acids is 6. The second-order valence-electron chi connectivity index (χ2n) is 13.9. The van der Waals surface area contributed by atoms with Gasteiger partial charge in [0, 0.05) is 50.8 Å². The molecule has 0 aliphatic heterocycles. The smallest absolute Gasteiger partial charge is 0.243 e. The molecule has 0 bridgehead atoms. The molecule has 326 valence electrons. The van der Waals surface area contributed by atoms with Crippen molar-refractivity contribution in [3.8, 4) is 24.7 Å². The van der Waals surface area contributed by atoms with E-state index in [-0.39, 0.29) is 69.2 Å². The minimum Gasteiger partial charge on any atom is -0.355 e. The summed E-state index contributed by atoms with van der Waals surface area (Å²) in [5.74, 6) is 3.14. The number of thiazole rings is 1. The van der Waals surface area contributed by atoms with Crippen molar-refractivity contribution in [3.05, 3.63) is 27.2 Å². The van der Waals surface area contributed by atoms with Gasteiger partial charge in [-0.2, -0.15) is 0 Å². The van der Waals surface area contributed by atoms with Gasteiger partial charge in [-0.25, -0.2) is 4.98 Å². The highest BCUT2D eigenvalue weighted by Gasteiger charge is 2.26. The summed E-state index contributed by atoms with van der Waals surface area (Å²) >= 11 is 5.71. The number of nitrogens with one attached hydrogen (secondary N) is 2. The van der Waals surface area contributed by atoms with Crippen LogP contribution in [0.2, 0.25) is 0 Å². The third-order valence-electron chi connectivity index (χ3n) is 8.92. The number of hydrogen-bond acceptors (Lipinski definition) is 11. The number of amides is 5. The highest BCUT2D eigenvalue weighted by atomic mass is 32.1. The maximum atomic E-state index is 13.5. The van der Waals surface area contributed by atoms with Crippen molar-refractivity contribution < 1.29 is 28.8 Å². The van der Waals surface area contributed by atoms with E-state index in [4.69, 9.17) is 12.8 Å². The number of aromatic nitrogens is 1. The zero-order valence-corrected chi connectivity index (χ0v) is 37.3. The molecular formula is C43H66N8O6S2. The predicted molar refractivity (Wildman–Crippen MR) is 239 cm³/mol. The van der Waals surface area contributed by atoms with E-state index in [0.29, 0.717) is 70.3 Å². The van der Waals surface area contributed by atoms with Crippen molar-refractivity contribution in [2.45, 2.75) is 105 Å². The highest BCUT2D eigenvalue weighted by Crippen LogP contribution is 2.12. The van der Waals surface area contributed by atoms with Crippen LogP contribution in [0.3, 0.4) is 0 Å². The lowest BCUT2D eigenvalue weighted by atomic mass is 10.1. The number of thiol groups is 1. The topological polar surface area (TPSA) is 165 Å². The molecule has 1 aromatic rings. The molecule has 0 aromatic carbocycles. The maximum absolute atomic E-state index is 13.5. The lowest BCUT2D eigenvalue weighted by Gasteiger charge is -2.30. The van der Waals surface area contributed by atoms with Crippen molar-refractivity contribution >= 4 is 65.5 Å². The quantitative estimate of drug-likeness (QED) is 0.0321. The molecule has 5 amide bonds. The summed E-state index contributed by atoms with van der Waals surface area (Å²) in [5, 5.41) is 10.5. The molecule has 1 aromatic heterocycles. The fourth-order valence-corrected chi connectivity index (χ4v) is 6.70. The average molecular weight is 855 g/mol. The first kappa shape index (κ1) is 52.5. The molecule has 1 rings (SSSR count). The van der Waals surface area contributed by atoms with Gasteiger partial charge in [0.1, 0.15) is 12.2 Å². The summed E-state index contributed by atoms with van der Waals surface area (Å²) in [7, 11) is 0. The van der Waals surface area contributed by atoms with E-state index in [9.17, 15) is 28.8 Å². The van der Waals surface area contributed by atoms with Gasteiger partial charge in [-0.1, -0.05) is 33.6 Å². The largest absolute Gasteiger partial charge is 0.355 e. The number of hydrogen-bond donors (Lipinski definition) is 3. The zero-order chi connectivity index (χ0) is 43.8. The molecule has 59 heavy (non-hydrogen) atoms. The van der Waals surface area contributed by atoms with Gasteiger partial charge in [0.05, 0.1) is 43.1 Å². The minimum absolute atomic E-state index is 0.0661. The molecular weight excluding hydrogens is 789 g/mol. The van der Waals surface area contributed by atoms with Gasteiger partial charge in [0.15, 0.2) is 5.78 Å². The number of ketones is 1. The number of allylic oxidation sites excluding steroid dienone is 1. The molecule has 0 saturated heterocycles. The molecule has 0 radical (unpaired) electrons. The van der Waals surface area contributed by atoms with E-state index in [2.05, 4.69) is 45.1 Å². The number of unbranched alkanes of at least 4 members (excludes halogenated alkanes) is 3. The SMILES string of the molecule is C#CCCCC(=O)N(CCC)CC(=O)N(CCC)CC(=O)N(CCC)CC(=O)N(CC#C)CC(=O)NCCCCNCCCCC(=O)/C(=C/S)N=Cc1csc(CC)n1. The van der Waals surface area contributed by atoms with Crippen molar-refractivity contribution in [2.75, 3.05) is 72.0 Å². The van der Waals surface area contributed by atoms with Crippen LogP contribution in [-0.4, -0.2) is 138 Å². The number of rotatable bonds is 32. The number of aliphatic imine (C=N–C) groups is 1. The van der Waals surface area contributed by atoms with Crippen molar-refractivity contribution in [3.63, 3.8) is 0 Å². The van der Waals surface area contributed by atoms with Crippen molar-refractivity contribution in [2.24, 2.45) is 4.99 Å². The Kier molecular flexibility index (Phi) is 28.8. The van der Waals surface area contributed by atoms with Gasteiger partial charge >= 0.3 is 0 Å². The third kappa shape index (κ3) is 22.4. The highest BCUT2D eigenvalue weighted by molar-refractivity contribution is 7.83. The molecule has 2 N–H and O–H groups in total. The number of nitrogens with zero attached hydrogens (tertiary/aromatic N) is 6. The molecule has 0 fully saturated rings. The fourth-order valence-electron chi connectivity index (χ4n) is 5.80. The Morgan fingerprint density at radius 1 is 0.746 bits per heavy atom. The van der Waals surface area contributed by atoms with E-state index < -0.39 is 11.8 Å². The molecule has 0 atom stereocenters. The monoisotopic (exact) mass is 854 g/mol. The van der Waals surface area contributed by atoms with E-state index in [1.165, 1.54) is 25.0 Å². The Morgan fingerprint density at radius 2 is 1.31 bits per heavy atom. The Bertz CT molecular complexity index is 1610. The Morgan fingerprint density at radius 3 is 1.83 bits per heavy atom. The summed E-state index contributed by atoms with van der Waals surface area (Å²) in [5.41, 5.74) is 1.04. The van der Waals surface area contributed by atoms with Gasteiger partial charge in [0.25, 0.3) is 0 Å². The Hall–Kier alpha value is -4.51. The van der Waals surface area contributed by atoms with Crippen LogP contribution in [-0.2, 0) is 35.2 Å². The van der Waals surface area contributed by atoms with E-state index in [1.54, 1.807) is 17.6 Å². The number of terminal acetylenes is 2. The maximum Gasteiger partial charge on any atom is 0.243 e. The first-order valence-corrected chi connectivity index (χ1v) is 22.2. The van der Waals surface area contributed by atoms with E-state index in [0.717, 1.165) is 49.5 Å². The van der Waals surface area contributed by atoms with Gasteiger partial charge < -0.3 is 30.2 Å². The van der Waals surface area contributed by atoms with Gasteiger partial charge in [0.2, 0.25) is 29.5 Å². The molecule has 0 aliphatic rings. The van der Waals surface area contributed by atoms with Crippen LogP contribution in [0.5, 0.6) is 0 Å². The van der Waals surface area contributed by atoms with Gasteiger partial charge in [-0.05, 0) is 76.3 Å². The van der Waals surface area contributed by atoms with Crippen LogP contribution in [0.1, 0.15) is 109 Å². The molecule has 0 unspecified atom stereocenters. The van der Waals surface area contributed by atoms with Crippen LogP contribution < -0.4 is 10.6 Å². The standard InChI is InChI=1S/C43H66N8O6S2/c1-7-13-14-20-40(54)49(25-9-3)30-42(56)51(27-11-5)32-43(57)50(26-10-4)31-41(55)48(24-8-2)29-38(53)45-23-18-17-22-44-21-16-15-19-37(52)36(33-58)46-28-35-34-59-39(12-6)47-35/h1-2,28,33-34,44,58H,9-27,29-32H2,3-6H3,(H,45,53)/b36-33-,46-28?. The van der Waals surface area contributed by atoms with Crippen LogP contribution in [0.15, 0.2) is 21.5 Å². The Labute approximate surface area is 361 Å². The summed E-state index contributed by atoms with van der Waals surface area (Å²) in [6.07, 6.45) is 19.8. The molecule has 0 spiro atoms. The van der Waals surface area contributed by atoms with Crippen molar-refractivity contribution in [1.29, 1.82) is 0 Å². The van der Waals surface area contributed by atoms with Gasteiger partial charge in [-0.15, -0.1) is 42.7 Å². The summed E-state index contributed by atoms with van der Waals surface area (Å²) in [6.45, 7) is 9.61. The van der Waals surface area contributed by atoms with Gasteiger partial charge in [-0.3, -0.25) is 33.8 Å². The summed E-state index contributed by atoms with van der Waals surface area (Å²) in [4.78, 5) is 92.7.